The third-order valence-corrected chi connectivity index (χ3v) is 7.07. The van der Waals surface area contributed by atoms with Gasteiger partial charge in [-0.3, -0.25) is 4.55 Å². The van der Waals surface area contributed by atoms with Crippen molar-refractivity contribution in [3.05, 3.63) is 0 Å². The summed E-state index contributed by atoms with van der Waals surface area (Å²) in [6.07, 6.45) is 19.7. The van der Waals surface area contributed by atoms with Crippen LogP contribution in [0.15, 0.2) is 0 Å². The molecule has 0 saturated heterocycles. The summed E-state index contributed by atoms with van der Waals surface area (Å²) in [7, 11) is -3.92. The van der Waals surface area contributed by atoms with Gasteiger partial charge in [0, 0.05) is 0 Å². The van der Waals surface area contributed by atoms with E-state index >= 15 is 0 Å². The lowest BCUT2D eigenvalue weighted by atomic mass is 10.0. The third kappa shape index (κ3) is 17.9. The first-order valence-corrected chi connectivity index (χ1v) is 13.6. The highest BCUT2D eigenvalue weighted by molar-refractivity contribution is 7.86. The molecule has 0 aromatic heterocycles. The zero-order valence-corrected chi connectivity index (χ0v) is 19.5. The van der Waals surface area contributed by atoms with E-state index in [1.165, 1.54) is 38.5 Å². The highest BCUT2D eigenvalue weighted by atomic mass is 32.2. The molecule has 0 aromatic carbocycles. The van der Waals surface area contributed by atoms with Crippen LogP contribution in [0.1, 0.15) is 136 Å². The minimum Gasteiger partial charge on any atom is -0.393 e. The molecule has 0 fully saturated rings. The molecule has 0 aromatic rings. The summed E-state index contributed by atoms with van der Waals surface area (Å²) in [5.41, 5.74) is 0. The molecule has 0 saturated carbocycles. The number of hydrogen-bond donors (Lipinski definition) is 2. The Bertz CT molecular complexity index is 422. The maximum absolute atomic E-state index is 11.5. The van der Waals surface area contributed by atoms with Crippen molar-refractivity contribution in [3.8, 4) is 0 Å². The monoisotopic (exact) mass is 420 g/mol. The maximum atomic E-state index is 11.5. The second-order valence-corrected chi connectivity index (χ2v) is 10.2. The van der Waals surface area contributed by atoms with Gasteiger partial charge in [-0.15, -0.1) is 0 Å². The van der Waals surface area contributed by atoms with Crippen LogP contribution >= 0.6 is 0 Å². The predicted octanol–water partition coefficient (Wildman–Crippen LogP) is 7.06. The summed E-state index contributed by atoms with van der Waals surface area (Å²) in [4.78, 5) is 0. The van der Waals surface area contributed by atoms with Crippen molar-refractivity contribution in [3.63, 3.8) is 0 Å². The smallest absolute Gasteiger partial charge is 0.267 e. The van der Waals surface area contributed by atoms with Crippen molar-refractivity contribution in [2.24, 2.45) is 0 Å². The van der Waals surface area contributed by atoms with Crippen LogP contribution < -0.4 is 0 Å². The minimum atomic E-state index is -3.92. The van der Waals surface area contributed by atoms with Gasteiger partial charge in [0.2, 0.25) is 0 Å². The van der Waals surface area contributed by atoms with E-state index in [4.69, 9.17) is 0 Å². The van der Waals surface area contributed by atoms with Gasteiger partial charge < -0.3 is 5.11 Å². The molecule has 0 radical (unpaired) electrons. The van der Waals surface area contributed by atoms with E-state index in [9.17, 15) is 18.1 Å². The zero-order chi connectivity index (χ0) is 21.1. The fourth-order valence-corrected chi connectivity index (χ4v) is 4.76. The predicted molar refractivity (Wildman–Crippen MR) is 120 cm³/mol. The molecule has 2 unspecified atom stereocenters. The molecule has 0 aliphatic carbocycles. The van der Waals surface area contributed by atoms with Gasteiger partial charge in [-0.1, -0.05) is 110 Å². The van der Waals surface area contributed by atoms with E-state index in [2.05, 4.69) is 13.8 Å². The fraction of sp³-hybridized carbons (Fsp3) is 1.00. The summed E-state index contributed by atoms with van der Waals surface area (Å²) < 4.78 is 32.5. The Morgan fingerprint density at radius 3 is 1.29 bits per heavy atom. The maximum Gasteiger partial charge on any atom is 0.267 e. The van der Waals surface area contributed by atoms with Gasteiger partial charge in [0.05, 0.1) is 11.4 Å². The molecule has 0 heterocycles. The number of aliphatic hydroxyl groups is 1. The van der Waals surface area contributed by atoms with E-state index in [1.54, 1.807) is 0 Å². The first-order chi connectivity index (χ1) is 13.4. The Labute approximate surface area is 175 Å². The molecule has 0 amide bonds. The van der Waals surface area contributed by atoms with E-state index in [1.807, 2.05) is 0 Å². The topological polar surface area (TPSA) is 74.6 Å². The van der Waals surface area contributed by atoms with Gasteiger partial charge in [0.1, 0.15) is 0 Å². The second kappa shape index (κ2) is 18.9. The number of rotatable bonds is 21. The molecule has 0 spiro atoms. The van der Waals surface area contributed by atoms with Crippen LogP contribution in [-0.4, -0.2) is 29.4 Å². The number of unbranched alkanes of at least 4 members (excludes halogenated alkanes) is 12. The number of hydrogen-bond acceptors (Lipinski definition) is 3. The van der Waals surface area contributed by atoms with Crippen molar-refractivity contribution in [2.45, 2.75) is 147 Å². The Morgan fingerprint density at radius 2 is 0.893 bits per heavy atom. The van der Waals surface area contributed by atoms with Crippen molar-refractivity contribution in [1.29, 1.82) is 0 Å². The first kappa shape index (κ1) is 27.9. The Kier molecular flexibility index (Phi) is 18.8. The quantitative estimate of drug-likeness (QED) is 0.154. The summed E-state index contributed by atoms with van der Waals surface area (Å²) >= 11 is 0. The van der Waals surface area contributed by atoms with Crippen molar-refractivity contribution in [1.82, 2.24) is 0 Å². The molecule has 170 valence electrons. The Morgan fingerprint density at radius 1 is 0.571 bits per heavy atom. The molecule has 0 rings (SSSR count). The summed E-state index contributed by atoms with van der Waals surface area (Å²) in [5.74, 6) is 0. The minimum absolute atomic E-state index is 0.181. The van der Waals surface area contributed by atoms with Gasteiger partial charge in [-0.05, 0) is 25.7 Å². The summed E-state index contributed by atoms with van der Waals surface area (Å²) in [6, 6.07) is 0. The summed E-state index contributed by atoms with van der Waals surface area (Å²) in [5, 5.41) is 9.48. The Hall–Kier alpha value is -0.130. The lowest BCUT2D eigenvalue weighted by Crippen LogP contribution is -2.20. The third-order valence-electron chi connectivity index (χ3n) is 5.76. The molecule has 5 heteroatoms. The van der Waals surface area contributed by atoms with Gasteiger partial charge in [0.25, 0.3) is 10.1 Å². The van der Waals surface area contributed by atoms with Gasteiger partial charge in [0.15, 0.2) is 0 Å². The fourth-order valence-electron chi connectivity index (χ4n) is 3.83. The molecular weight excluding hydrogens is 372 g/mol. The number of aliphatic hydroxyl groups excluding tert-OH is 1. The van der Waals surface area contributed by atoms with Crippen LogP contribution in [0.2, 0.25) is 0 Å². The zero-order valence-electron chi connectivity index (χ0n) is 18.7. The SMILES string of the molecule is CCCCCCCCCC(O)CCCCCCC(CCCCCC)S(=O)(=O)O. The lowest BCUT2D eigenvalue weighted by Gasteiger charge is -2.14. The van der Waals surface area contributed by atoms with Gasteiger partial charge in [-0.25, -0.2) is 0 Å². The molecule has 0 bridgehead atoms. The van der Waals surface area contributed by atoms with Crippen LogP contribution in [-0.2, 0) is 10.1 Å². The Balaban J connectivity index is 3.65. The molecule has 0 aliphatic rings. The molecule has 4 nitrogen and oxygen atoms in total. The van der Waals surface area contributed by atoms with Crippen LogP contribution in [0.25, 0.3) is 0 Å². The second-order valence-electron chi connectivity index (χ2n) is 8.54. The normalized spacial score (nSPS) is 14.3. The lowest BCUT2D eigenvalue weighted by molar-refractivity contribution is 0.147. The highest BCUT2D eigenvalue weighted by Crippen LogP contribution is 2.19. The standard InChI is InChI=1S/C23H48O4S/c1-3-5-7-9-10-11-14-18-22(24)19-15-12-13-17-21-23(28(25,26)27)20-16-8-6-4-2/h22-24H,3-21H2,1-2H3,(H,25,26,27). The van der Waals surface area contributed by atoms with E-state index in [0.29, 0.717) is 12.8 Å². The van der Waals surface area contributed by atoms with E-state index in [-0.39, 0.29) is 6.10 Å². The van der Waals surface area contributed by atoms with Crippen molar-refractivity contribution in [2.75, 3.05) is 0 Å². The van der Waals surface area contributed by atoms with Crippen LogP contribution in [0.3, 0.4) is 0 Å². The molecule has 2 N–H and O–H groups in total. The molecule has 0 aliphatic heterocycles. The molecular formula is C23H48O4S. The largest absolute Gasteiger partial charge is 0.393 e. The highest BCUT2D eigenvalue weighted by Gasteiger charge is 2.21. The first-order valence-electron chi connectivity index (χ1n) is 12.1. The summed E-state index contributed by atoms with van der Waals surface area (Å²) in [6.45, 7) is 4.36. The van der Waals surface area contributed by atoms with Crippen molar-refractivity contribution < 1.29 is 18.1 Å². The van der Waals surface area contributed by atoms with Gasteiger partial charge in [-0.2, -0.15) is 8.42 Å². The molecule has 2 atom stereocenters. The van der Waals surface area contributed by atoms with Gasteiger partial charge >= 0.3 is 0 Å². The van der Waals surface area contributed by atoms with Crippen LogP contribution in [0, 0.1) is 0 Å². The van der Waals surface area contributed by atoms with Crippen molar-refractivity contribution >= 4 is 10.1 Å². The van der Waals surface area contributed by atoms with E-state index < -0.39 is 15.4 Å². The van der Waals surface area contributed by atoms with E-state index in [0.717, 1.165) is 70.6 Å². The van der Waals surface area contributed by atoms with Crippen LogP contribution in [0.5, 0.6) is 0 Å². The molecule has 28 heavy (non-hydrogen) atoms. The van der Waals surface area contributed by atoms with Crippen LogP contribution in [0.4, 0.5) is 0 Å². The average molecular weight is 421 g/mol. The average Bonchev–Trinajstić information content (AvgIpc) is 2.64.